The fraction of sp³-hybridized carbons (Fsp3) is 0.531. The number of amides is 2. The van der Waals surface area contributed by atoms with E-state index in [-0.39, 0.29) is 23.8 Å². The van der Waals surface area contributed by atoms with Crippen LogP contribution in [0.25, 0.3) is 22.3 Å². The number of piperazine rings is 1. The minimum absolute atomic E-state index is 0.0969. The summed E-state index contributed by atoms with van der Waals surface area (Å²) in [4.78, 5) is 43.8. The molecule has 7 rings (SSSR count). The number of ether oxygens (including phenoxy) is 1. The van der Waals surface area contributed by atoms with Crippen molar-refractivity contribution in [2.75, 3.05) is 63.9 Å². The van der Waals surface area contributed by atoms with Crippen molar-refractivity contribution in [3.63, 3.8) is 0 Å². The number of carbonyl (C=O) groups excluding carboxylic acids is 2. The molecule has 1 aromatic carbocycles. The van der Waals surface area contributed by atoms with Crippen LogP contribution in [0, 0.1) is 5.92 Å². The van der Waals surface area contributed by atoms with Gasteiger partial charge in [0.1, 0.15) is 5.82 Å². The minimum Gasteiger partial charge on any atom is -0.378 e. The molecule has 3 atom stereocenters. The Morgan fingerprint density at radius 3 is 2.73 bits per heavy atom. The predicted molar refractivity (Wildman–Crippen MR) is 171 cm³/mol. The molecule has 0 radical (unpaired) electrons. The number of fused-ring (bicyclic) bond motifs is 2. The Bertz CT molecular complexity index is 1530. The van der Waals surface area contributed by atoms with E-state index in [1.807, 2.05) is 35.0 Å². The maximum atomic E-state index is 13.5. The summed E-state index contributed by atoms with van der Waals surface area (Å²) in [6.45, 7) is 10.7. The van der Waals surface area contributed by atoms with Crippen LogP contribution >= 0.6 is 11.8 Å². The first kappa shape index (κ1) is 29.2. The summed E-state index contributed by atoms with van der Waals surface area (Å²) in [5.41, 5.74) is 3.09. The van der Waals surface area contributed by atoms with Gasteiger partial charge in [-0.1, -0.05) is 31.6 Å². The van der Waals surface area contributed by atoms with Crippen molar-refractivity contribution in [2.45, 2.75) is 48.3 Å². The van der Waals surface area contributed by atoms with Crippen LogP contribution in [0.4, 0.5) is 5.82 Å². The number of nitrogens with one attached hydrogen (secondary N) is 2. The highest BCUT2D eigenvalue weighted by molar-refractivity contribution is 8.00. The Kier molecular flexibility index (Phi) is 8.55. The van der Waals surface area contributed by atoms with Crippen LogP contribution in [0.2, 0.25) is 0 Å². The third-order valence-electron chi connectivity index (χ3n) is 9.40. The molecule has 11 nitrogen and oxygen atoms in total. The van der Waals surface area contributed by atoms with E-state index in [1.54, 1.807) is 0 Å². The van der Waals surface area contributed by atoms with Crippen molar-refractivity contribution in [3.8, 4) is 11.4 Å². The monoisotopic (exact) mass is 616 g/mol. The van der Waals surface area contributed by atoms with E-state index in [9.17, 15) is 9.59 Å². The molecule has 0 spiro atoms. The summed E-state index contributed by atoms with van der Waals surface area (Å²) in [7, 11) is 0. The normalized spacial score (nSPS) is 24.3. The minimum atomic E-state index is -0.193. The van der Waals surface area contributed by atoms with Crippen LogP contribution in [0.5, 0.6) is 0 Å². The Balaban J connectivity index is 1.03. The lowest BCUT2D eigenvalue weighted by Crippen LogP contribution is -2.55. The third-order valence-corrected chi connectivity index (χ3v) is 10.7. The second-order valence-corrected chi connectivity index (χ2v) is 13.5. The quantitative estimate of drug-likeness (QED) is 0.386. The van der Waals surface area contributed by atoms with Gasteiger partial charge in [-0.25, -0.2) is 9.97 Å². The SMILES string of the molecule is C=CC(=O)N[C@@H]1CCCC[C@H]1C(=O)N1CCN(CC2Cc3nc(-c4cccc5[nH]ncc45)nc(N4CCOCC4)c3S2)CC1. The number of aromatic amines is 1. The first-order chi connectivity index (χ1) is 21.6. The van der Waals surface area contributed by atoms with Crippen molar-refractivity contribution in [3.05, 3.63) is 42.7 Å². The zero-order chi connectivity index (χ0) is 30.0. The van der Waals surface area contributed by atoms with Gasteiger partial charge in [-0.2, -0.15) is 5.10 Å². The number of benzene rings is 1. The first-order valence-corrected chi connectivity index (χ1v) is 16.7. The van der Waals surface area contributed by atoms with Crippen LogP contribution in [-0.4, -0.2) is 112 Å². The molecule has 2 saturated heterocycles. The number of anilines is 1. The number of morpholine rings is 1. The highest BCUT2D eigenvalue weighted by Crippen LogP contribution is 2.43. The second-order valence-electron chi connectivity index (χ2n) is 12.2. The highest BCUT2D eigenvalue weighted by atomic mass is 32.2. The highest BCUT2D eigenvalue weighted by Gasteiger charge is 2.37. The molecular formula is C32H40N8O3S. The molecular weight excluding hydrogens is 576 g/mol. The predicted octanol–water partition coefficient (Wildman–Crippen LogP) is 2.88. The largest absolute Gasteiger partial charge is 0.378 e. The summed E-state index contributed by atoms with van der Waals surface area (Å²) in [6, 6.07) is 6.02. The topological polar surface area (TPSA) is 120 Å². The molecule has 44 heavy (non-hydrogen) atoms. The lowest BCUT2D eigenvalue weighted by Gasteiger charge is -2.39. The van der Waals surface area contributed by atoms with Gasteiger partial charge in [0, 0.05) is 74.5 Å². The van der Waals surface area contributed by atoms with Crippen molar-refractivity contribution in [2.24, 2.45) is 5.92 Å². The van der Waals surface area contributed by atoms with Crippen LogP contribution in [0.15, 0.2) is 41.9 Å². The van der Waals surface area contributed by atoms with Crippen molar-refractivity contribution in [1.82, 2.24) is 35.3 Å². The number of carbonyl (C=O) groups is 2. The van der Waals surface area contributed by atoms with Gasteiger partial charge < -0.3 is 19.9 Å². The standard InChI is InChI=1S/C32H40N8O3S/c1-2-28(41)34-25-8-4-3-6-23(25)32(42)40-12-10-38(11-13-40)20-21-18-27-29(44-21)31(39-14-16-43-17-15-39)36-30(35-27)22-7-5-9-26-24(22)19-33-37-26/h2,5,7,9,19,21,23,25H,1,3-4,6,8,10-18,20H2,(H,33,37)(H,34,41)/t21?,23-,25-/m1/s1. The number of H-pyrrole nitrogens is 1. The van der Waals surface area contributed by atoms with Gasteiger partial charge in [-0.15, -0.1) is 11.8 Å². The second kappa shape index (κ2) is 12.9. The van der Waals surface area contributed by atoms with Gasteiger partial charge in [0.15, 0.2) is 5.82 Å². The Morgan fingerprint density at radius 2 is 1.91 bits per heavy atom. The summed E-state index contributed by atoms with van der Waals surface area (Å²) >= 11 is 1.90. The summed E-state index contributed by atoms with van der Waals surface area (Å²) in [5.74, 6) is 1.62. The number of hydrogen-bond acceptors (Lipinski definition) is 9. The van der Waals surface area contributed by atoms with E-state index in [2.05, 4.69) is 38.0 Å². The number of aromatic nitrogens is 4. The number of rotatable bonds is 7. The Morgan fingerprint density at radius 1 is 1.09 bits per heavy atom. The maximum Gasteiger partial charge on any atom is 0.243 e. The lowest BCUT2D eigenvalue weighted by atomic mass is 9.83. The molecule has 1 unspecified atom stereocenters. The molecule has 2 aromatic heterocycles. The molecule has 0 bridgehead atoms. The smallest absolute Gasteiger partial charge is 0.243 e. The summed E-state index contributed by atoms with van der Waals surface area (Å²) < 4.78 is 5.65. The van der Waals surface area contributed by atoms with E-state index >= 15 is 0 Å². The van der Waals surface area contributed by atoms with Crippen molar-refractivity contribution >= 4 is 40.3 Å². The molecule has 12 heteroatoms. The molecule has 1 aliphatic carbocycles. The van der Waals surface area contributed by atoms with Crippen LogP contribution < -0.4 is 10.2 Å². The zero-order valence-electron chi connectivity index (χ0n) is 25.0. The fourth-order valence-electron chi connectivity index (χ4n) is 7.06. The van der Waals surface area contributed by atoms with E-state index in [0.717, 1.165) is 112 Å². The summed E-state index contributed by atoms with van der Waals surface area (Å²) in [6.07, 6.45) is 7.79. The fourth-order valence-corrected chi connectivity index (χ4v) is 8.46. The molecule has 2 N–H and O–H groups in total. The number of hydrogen-bond donors (Lipinski definition) is 2. The van der Waals surface area contributed by atoms with Gasteiger partial charge >= 0.3 is 0 Å². The maximum absolute atomic E-state index is 13.5. The summed E-state index contributed by atoms with van der Waals surface area (Å²) in [5, 5.41) is 11.7. The molecule has 232 valence electrons. The molecule has 5 heterocycles. The first-order valence-electron chi connectivity index (χ1n) is 15.8. The van der Waals surface area contributed by atoms with E-state index in [1.165, 1.54) is 11.0 Å². The van der Waals surface area contributed by atoms with E-state index < -0.39 is 0 Å². The van der Waals surface area contributed by atoms with Crippen molar-refractivity contribution in [1.29, 1.82) is 0 Å². The lowest BCUT2D eigenvalue weighted by molar-refractivity contribution is -0.139. The third kappa shape index (κ3) is 5.94. The van der Waals surface area contributed by atoms with Gasteiger partial charge in [0.05, 0.1) is 41.4 Å². The molecule has 3 aliphatic heterocycles. The Labute approximate surface area is 261 Å². The van der Waals surface area contributed by atoms with Crippen LogP contribution in [0.3, 0.4) is 0 Å². The average Bonchev–Trinajstić information content (AvgIpc) is 3.72. The number of thioether (sulfide) groups is 1. The van der Waals surface area contributed by atoms with Gasteiger partial charge in [-0.3, -0.25) is 19.6 Å². The van der Waals surface area contributed by atoms with E-state index in [0.29, 0.717) is 18.5 Å². The van der Waals surface area contributed by atoms with Gasteiger partial charge in [0.2, 0.25) is 11.8 Å². The molecule has 3 aromatic rings. The van der Waals surface area contributed by atoms with Gasteiger partial charge in [-0.05, 0) is 25.0 Å². The Hall–Kier alpha value is -3.48. The van der Waals surface area contributed by atoms with Crippen LogP contribution in [-0.2, 0) is 20.7 Å². The van der Waals surface area contributed by atoms with Crippen LogP contribution in [0.1, 0.15) is 31.4 Å². The molecule has 2 amide bonds. The zero-order valence-corrected chi connectivity index (χ0v) is 25.9. The molecule has 1 saturated carbocycles. The average molecular weight is 617 g/mol. The molecule has 3 fully saturated rings. The number of nitrogens with zero attached hydrogens (tertiary/aromatic N) is 6. The van der Waals surface area contributed by atoms with E-state index in [4.69, 9.17) is 14.7 Å². The molecule has 4 aliphatic rings. The van der Waals surface area contributed by atoms with Gasteiger partial charge in [0.25, 0.3) is 0 Å². The van der Waals surface area contributed by atoms with Crippen molar-refractivity contribution < 1.29 is 14.3 Å².